The lowest BCUT2D eigenvalue weighted by atomic mass is 10.1. The number of nitrogens with zero attached hydrogens (tertiary/aromatic N) is 1. The Balaban J connectivity index is 1.83. The summed E-state index contributed by atoms with van der Waals surface area (Å²) in [4.78, 5) is 16.9. The van der Waals surface area contributed by atoms with Crippen LogP contribution in [0.25, 0.3) is 0 Å². The molecule has 26 heavy (non-hydrogen) atoms. The molecule has 3 rings (SSSR count). The number of pyridine rings is 1. The Morgan fingerprint density at radius 2 is 1.62 bits per heavy atom. The van der Waals surface area contributed by atoms with E-state index in [0.29, 0.717) is 5.56 Å². The Bertz CT molecular complexity index is 943. The summed E-state index contributed by atoms with van der Waals surface area (Å²) in [7, 11) is 0. The van der Waals surface area contributed by atoms with Gasteiger partial charge in [-0.15, -0.1) is 0 Å². The maximum absolute atomic E-state index is 12.7. The van der Waals surface area contributed by atoms with Crippen LogP contribution >= 0.6 is 0 Å². The van der Waals surface area contributed by atoms with Gasteiger partial charge in [0, 0.05) is 17.6 Å². The fourth-order valence-corrected chi connectivity index (χ4v) is 2.86. The number of carbonyl (C=O) groups excluding carboxylic acids is 1. The molecule has 4 heteroatoms. The Kier molecular flexibility index (Phi) is 5.03. The van der Waals surface area contributed by atoms with Gasteiger partial charge in [-0.1, -0.05) is 30.3 Å². The van der Waals surface area contributed by atoms with Crippen molar-refractivity contribution >= 4 is 23.0 Å². The molecule has 2 N–H and O–H groups in total. The summed E-state index contributed by atoms with van der Waals surface area (Å²) in [6, 6.07) is 14.0. The summed E-state index contributed by atoms with van der Waals surface area (Å²) in [5.41, 5.74) is 7.56. The smallest absolute Gasteiger partial charge is 0.257 e. The minimum Gasteiger partial charge on any atom is -0.354 e. The van der Waals surface area contributed by atoms with E-state index in [1.54, 1.807) is 12.4 Å². The molecule has 0 saturated carbocycles. The lowest BCUT2D eigenvalue weighted by Gasteiger charge is -2.13. The van der Waals surface area contributed by atoms with Gasteiger partial charge in [0.15, 0.2) is 0 Å². The van der Waals surface area contributed by atoms with Crippen LogP contribution in [0.5, 0.6) is 0 Å². The molecule has 0 aliphatic carbocycles. The number of para-hydroxylation sites is 1. The molecule has 0 saturated heterocycles. The first-order valence-electron chi connectivity index (χ1n) is 8.61. The van der Waals surface area contributed by atoms with E-state index in [1.807, 2.05) is 45.0 Å². The van der Waals surface area contributed by atoms with E-state index in [2.05, 4.69) is 40.7 Å². The number of rotatable bonds is 4. The summed E-state index contributed by atoms with van der Waals surface area (Å²) in [6.45, 7) is 8.07. The second kappa shape index (κ2) is 7.40. The predicted octanol–water partition coefficient (Wildman–Crippen LogP) is 5.31. The van der Waals surface area contributed by atoms with Gasteiger partial charge in [0.25, 0.3) is 5.91 Å². The number of amides is 1. The molecule has 132 valence electrons. The molecule has 0 atom stereocenters. The van der Waals surface area contributed by atoms with E-state index in [9.17, 15) is 4.79 Å². The first-order chi connectivity index (χ1) is 12.4. The number of aryl methyl sites for hydroxylation is 4. The summed E-state index contributed by atoms with van der Waals surface area (Å²) in [5.74, 6) is -0.167. The van der Waals surface area contributed by atoms with Crippen molar-refractivity contribution in [2.45, 2.75) is 27.7 Å². The first kappa shape index (κ1) is 17.7. The van der Waals surface area contributed by atoms with Gasteiger partial charge in [-0.3, -0.25) is 9.78 Å². The molecular weight excluding hydrogens is 322 g/mol. The maximum Gasteiger partial charge on any atom is 0.257 e. The van der Waals surface area contributed by atoms with Crippen LogP contribution in [0.2, 0.25) is 0 Å². The van der Waals surface area contributed by atoms with Crippen molar-refractivity contribution in [3.8, 4) is 0 Å². The van der Waals surface area contributed by atoms with Crippen molar-refractivity contribution in [3.63, 3.8) is 0 Å². The quantitative estimate of drug-likeness (QED) is 0.673. The van der Waals surface area contributed by atoms with Crippen molar-refractivity contribution in [1.82, 2.24) is 4.98 Å². The van der Waals surface area contributed by atoms with E-state index in [1.165, 1.54) is 5.56 Å². The largest absolute Gasteiger partial charge is 0.354 e. The van der Waals surface area contributed by atoms with Crippen LogP contribution in [-0.4, -0.2) is 10.9 Å². The van der Waals surface area contributed by atoms with Crippen LogP contribution in [0, 0.1) is 27.7 Å². The van der Waals surface area contributed by atoms with Crippen LogP contribution in [0.4, 0.5) is 17.1 Å². The predicted molar refractivity (Wildman–Crippen MR) is 107 cm³/mol. The number of carbonyl (C=O) groups is 1. The maximum atomic E-state index is 12.7. The van der Waals surface area contributed by atoms with Crippen LogP contribution < -0.4 is 10.6 Å². The van der Waals surface area contributed by atoms with E-state index in [4.69, 9.17) is 0 Å². The van der Waals surface area contributed by atoms with Crippen LogP contribution in [0.1, 0.15) is 32.6 Å². The standard InChI is InChI=1S/C22H23N3O/c1-14-8-9-15(2)20(10-14)24-19-11-18(12-23-13-19)22(26)25-21-16(3)6-5-7-17(21)4/h5-13,24H,1-4H3,(H,25,26). The summed E-state index contributed by atoms with van der Waals surface area (Å²) in [6.07, 6.45) is 3.30. The van der Waals surface area contributed by atoms with Gasteiger partial charge in [0.1, 0.15) is 0 Å². The highest BCUT2D eigenvalue weighted by Gasteiger charge is 2.11. The van der Waals surface area contributed by atoms with E-state index < -0.39 is 0 Å². The van der Waals surface area contributed by atoms with Gasteiger partial charge < -0.3 is 10.6 Å². The number of nitrogens with one attached hydrogen (secondary N) is 2. The lowest BCUT2D eigenvalue weighted by molar-refractivity contribution is 0.102. The van der Waals surface area contributed by atoms with Crippen molar-refractivity contribution in [2.24, 2.45) is 0 Å². The van der Waals surface area contributed by atoms with Crippen LogP contribution in [0.3, 0.4) is 0 Å². The second-order valence-corrected chi connectivity index (χ2v) is 6.63. The third kappa shape index (κ3) is 3.91. The molecule has 4 nitrogen and oxygen atoms in total. The minimum absolute atomic E-state index is 0.167. The number of aromatic nitrogens is 1. The van der Waals surface area contributed by atoms with Crippen molar-refractivity contribution < 1.29 is 4.79 Å². The van der Waals surface area contributed by atoms with Gasteiger partial charge in [-0.2, -0.15) is 0 Å². The second-order valence-electron chi connectivity index (χ2n) is 6.63. The molecule has 3 aromatic rings. The molecule has 0 spiro atoms. The van der Waals surface area contributed by atoms with Gasteiger partial charge in [-0.25, -0.2) is 0 Å². The molecule has 2 aromatic carbocycles. The first-order valence-corrected chi connectivity index (χ1v) is 8.61. The zero-order valence-corrected chi connectivity index (χ0v) is 15.6. The monoisotopic (exact) mass is 345 g/mol. The van der Waals surface area contributed by atoms with Gasteiger partial charge in [0.2, 0.25) is 0 Å². The molecule has 0 aliphatic heterocycles. The molecule has 0 radical (unpaired) electrons. The summed E-state index contributed by atoms with van der Waals surface area (Å²) >= 11 is 0. The molecule has 1 aromatic heterocycles. The Hall–Kier alpha value is -3.14. The van der Waals surface area contributed by atoms with Crippen LogP contribution in [-0.2, 0) is 0 Å². The van der Waals surface area contributed by atoms with Crippen molar-refractivity contribution in [3.05, 3.63) is 82.7 Å². The normalized spacial score (nSPS) is 10.5. The average Bonchev–Trinajstić information content (AvgIpc) is 2.61. The third-order valence-electron chi connectivity index (χ3n) is 4.39. The summed E-state index contributed by atoms with van der Waals surface area (Å²) < 4.78 is 0. The van der Waals surface area contributed by atoms with Crippen LogP contribution in [0.15, 0.2) is 54.9 Å². The number of benzene rings is 2. The minimum atomic E-state index is -0.167. The van der Waals surface area contributed by atoms with Crippen molar-refractivity contribution in [2.75, 3.05) is 10.6 Å². The number of anilines is 3. The Morgan fingerprint density at radius 3 is 2.35 bits per heavy atom. The SMILES string of the molecule is Cc1ccc(C)c(Nc2cncc(C(=O)Nc3c(C)cccc3C)c2)c1. The topological polar surface area (TPSA) is 54.0 Å². The zero-order valence-electron chi connectivity index (χ0n) is 15.6. The fourth-order valence-electron chi connectivity index (χ4n) is 2.86. The van der Waals surface area contributed by atoms with Gasteiger partial charge >= 0.3 is 0 Å². The highest BCUT2D eigenvalue weighted by molar-refractivity contribution is 6.05. The summed E-state index contributed by atoms with van der Waals surface area (Å²) in [5, 5.41) is 6.35. The Morgan fingerprint density at radius 1 is 0.885 bits per heavy atom. The molecule has 0 fully saturated rings. The number of hydrogen-bond donors (Lipinski definition) is 2. The highest BCUT2D eigenvalue weighted by Crippen LogP contribution is 2.23. The fraction of sp³-hybridized carbons (Fsp3) is 0.182. The molecule has 1 heterocycles. The third-order valence-corrected chi connectivity index (χ3v) is 4.39. The van der Waals surface area contributed by atoms with E-state index >= 15 is 0 Å². The van der Waals surface area contributed by atoms with Gasteiger partial charge in [0.05, 0.1) is 17.4 Å². The molecular formula is C22H23N3O. The Labute approximate surface area is 154 Å². The number of hydrogen-bond acceptors (Lipinski definition) is 3. The lowest BCUT2D eigenvalue weighted by Crippen LogP contribution is -2.14. The highest BCUT2D eigenvalue weighted by atomic mass is 16.1. The average molecular weight is 345 g/mol. The van der Waals surface area contributed by atoms with Gasteiger partial charge in [-0.05, 0) is 62.1 Å². The molecule has 0 bridgehead atoms. The molecule has 0 unspecified atom stereocenters. The van der Waals surface area contributed by atoms with E-state index in [0.717, 1.165) is 33.8 Å². The zero-order chi connectivity index (χ0) is 18.7. The van der Waals surface area contributed by atoms with E-state index in [-0.39, 0.29) is 5.91 Å². The molecule has 0 aliphatic rings. The van der Waals surface area contributed by atoms with Crippen molar-refractivity contribution in [1.29, 1.82) is 0 Å². The molecule has 1 amide bonds.